The molecule has 6 rings (SSSR count). The molecule has 0 unspecified atom stereocenters. The lowest BCUT2D eigenvalue weighted by molar-refractivity contribution is -0.165. The number of fused-ring (bicyclic) bond motifs is 1. The van der Waals surface area contributed by atoms with Gasteiger partial charge >= 0.3 is 5.97 Å². The Morgan fingerprint density at radius 2 is 1.56 bits per heavy atom. The number of carbonyl (C=O) groups excluding carboxylic acids is 4. The summed E-state index contributed by atoms with van der Waals surface area (Å²) in [6, 6.07) is 23.5. The molecule has 3 heterocycles. The van der Waals surface area contributed by atoms with Crippen LogP contribution >= 0.6 is 0 Å². The number of benzene rings is 3. The molecule has 0 aromatic heterocycles. The van der Waals surface area contributed by atoms with Gasteiger partial charge in [0.05, 0.1) is 36.6 Å². The predicted molar refractivity (Wildman–Crippen MR) is 220 cm³/mol. The molecule has 3 saturated heterocycles. The molecule has 57 heavy (non-hydrogen) atoms. The summed E-state index contributed by atoms with van der Waals surface area (Å²) in [5, 5.41) is 11.0. The molecule has 8 atom stereocenters. The van der Waals surface area contributed by atoms with Gasteiger partial charge < -0.3 is 34.2 Å². The van der Waals surface area contributed by atoms with Crippen LogP contribution in [0.25, 0.3) is 0 Å². The van der Waals surface area contributed by atoms with Crippen molar-refractivity contribution in [1.82, 2.24) is 9.80 Å². The number of ether oxygens (including phenoxy) is 2. The van der Waals surface area contributed by atoms with Gasteiger partial charge in [-0.1, -0.05) is 72.8 Å². The normalized spacial score (nSPS) is 23.6. The van der Waals surface area contributed by atoms with Crippen LogP contribution in [0.2, 0.25) is 0 Å². The minimum Gasteiger partial charge on any atom is -0.455 e. The first-order valence-corrected chi connectivity index (χ1v) is 20.1. The van der Waals surface area contributed by atoms with Crippen molar-refractivity contribution in [2.75, 3.05) is 43.1 Å². The highest BCUT2D eigenvalue weighted by Crippen LogP contribution is 2.60. The summed E-state index contributed by atoms with van der Waals surface area (Å²) in [5.74, 6) is -3.66. The number of amides is 3. The van der Waals surface area contributed by atoms with E-state index in [9.17, 15) is 14.7 Å². The number of aliphatic hydroxyl groups is 1. The van der Waals surface area contributed by atoms with Gasteiger partial charge in [-0.25, -0.2) is 0 Å². The molecule has 3 aliphatic heterocycles. The molecule has 3 fully saturated rings. The summed E-state index contributed by atoms with van der Waals surface area (Å²) >= 11 is 0. The summed E-state index contributed by atoms with van der Waals surface area (Å²) < 4.78 is 13.2. The third-order valence-corrected chi connectivity index (χ3v) is 12.2. The summed E-state index contributed by atoms with van der Waals surface area (Å²) in [5.41, 5.74) is 1.63. The van der Waals surface area contributed by atoms with Crippen molar-refractivity contribution in [2.45, 2.75) is 82.4 Å². The minimum absolute atomic E-state index is 0.118. The summed E-state index contributed by atoms with van der Waals surface area (Å²) in [6.07, 6.45) is 3.37. The zero-order valence-electron chi connectivity index (χ0n) is 33.5. The van der Waals surface area contributed by atoms with Crippen LogP contribution < -0.4 is 9.80 Å². The molecule has 2 bridgehead atoms. The minimum atomic E-state index is -1.36. The Kier molecular flexibility index (Phi) is 13.0. The van der Waals surface area contributed by atoms with Gasteiger partial charge in [0.2, 0.25) is 11.8 Å². The molecule has 1 spiro atoms. The summed E-state index contributed by atoms with van der Waals surface area (Å²) in [6.45, 7) is 15.0. The quantitative estimate of drug-likeness (QED) is 0.119. The van der Waals surface area contributed by atoms with Crippen LogP contribution in [-0.2, 0) is 28.7 Å². The second-order valence-corrected chi connectivity index (χ2v) is 15.2. The van der Waals surface area contributed by atoms with Crippen molar-refractivity contribution in [2.24, 2.45) is 11.8 Å². The molecule has 302 valence electrons. The molecular weight excluding hydrogens is 721 g/mol. The summed E-state index contributed by atoms with van der Waals surface area (Å²) in [4.78, 5) is 65.1. The standard InChI is InChI=1S/C46H56N4O7/c1-7-11-22-38(52)47(6)31(5)41(33-20-16-13-17-21-33)56-45(55)39-37-27-28-46(57-37)40(39)43(53)50(36(30-51)32-18-14-12-15-19-32)42(46)44(54)49(29-8-2)35-25-23-34(24-26-35)48(9-3)10-4/h7-8,12-21,23-26,31,36-37,39-42,51H,1-2,9-11,22,27-30H2,3-6H3/t31-,36+,37-,39+,40+,41+,42-,46+/m0/s1. The van der Waals surface area contributed by atoms with Gasteiger partial charge in [0, 0.05) is 44.5 Å². The van der Waals surface area contributed by atoms with Gasteiger partial charge in [-0.2, -0.15) is 0 Å². The van der Waals surface area contributed by atoms with E-state index in [-0.39, 0.29) is 24.8 Å². The average molecular weight is 777 g/mol. The Balaban J connectivity index is 1.39. The van der Waals surface area contributed by atoms with Crippen LogP contribution in [0.5, 0.6) is 0 Å². The predicted octanol–water partition coefficient (Wildman–Crippen LogP) is 6.26. The van der Waals surface area contributed by atoms with E-state index in [0.29, 0.717) is 36.1 Å². The van der Waals surface area contributed by atoms with E-state index in [4.69, 9.17) is 9.47 Å². The molecule has 3 amide bonds. The summed E-state index contributed by atoms with van der Waals surface area (Å²) in [7, 11) is 1.69. The number of hydrogen-bond donors (Lipinski definition) is 1. The first kappa shape index (κ1) is 41.4. The molecule has 11 nitrogen and oxygen atoms in total. The van der Waals surface area contributed by atoms with Crippen molar-refractivity contribution in [3.63, 3.8) is 0 Å². The van der Waals surface area contributed by atoms with E-state index < -0.39 is 66.3 Å². The number of aliphatic hydroxyl groups excluding tert-OH is 1. The Bertz CT molecular complexity index is 1900. The smallest absolute Gasteiger partial charge is 0.313 e. The monoisotopic (exact) mass is 776 g/mol. The SMILES string of the molecule is C=CCCC(=O)N(C)[C@@H](C)[C@@H](OC(=O)[C@@H]1[C@@H]2CC[C@]3(O2)[C@H](C(=O)N(CC=C)c2ccc(N(CC)CC)cc2)N([C@H](CO)c2ccccc2)C(=O)[C@@H]13)c1ccccc1. The number of allylic oxidation sites excluding steroid dienone is 1. The maximum Gasteiger partial charge on any atom is 0.313 e. The fourth-order valence-corrected chi connectivity index (χ4v) is 9.16. The van der Waals surface area contributed by atoms with Crippen LogP contribution in [0.3, 0.4) is 0 Å². The number of anilines is 2. The van der Waals surface area contributed by atoms with Crippen molar-refractivity contribution in [3.8, 4) is 0 Å². The van der Waals surface area contributed by atoms with E-state index in [0.717, 1.165) is 18.8 Å². The Labute approximate surface area is 336 Å². The van der Waals surface area contributed by atoms with Crippen LogP contribution in [0.15, 0.2) is 110 Å². The van der Waals surface area contributed by atoms with Gasteiger partial charge in [0.1, 0.15) is 17.7 Å². The molecule has 3 aromatic rings. The van der Waals surface area contributed by atoms with Crippen molar-refractivity contribution in [3.05, 3.63) is 121 Å². The molecule has 3 aliphatic rings. The zero-order valence-corrected chi connectivity index (χ0v) is 33.5. The number of hydrogen-bond acceptors (Lipinski definition) is 8. The van der Waals surface area contributed by atoms with Crippen molar-refractivity contribution >= 4 is 35.1 Å². The second-order valence-electron chi connectivity index (χ2n) is 15.2. The number of esters is 1. The third kappa shape index (κ3) is 7.75. The maximum atomic E-state index is 15.3. The Hall–Kier alpha value is -5.26. The lowest BCUT2D eigenvalue weighted by atomic mass is 9.70. The van der Waals surface area contributed by atoms with Crippen LogP contribution in [-0.4, -0.2) is 95.7 Å². The zero-order chi connectivity index (χ0) is 40.9. The number of carbonyl (C=O) groups is 4. The van der Waals surface area contributed by atoms with Crippen LogP contribution in [0.4, 0.5) is 11.4 Å². The van der Waals surface area contributed by atoms with Gasteiger partial charge in [0.25, 0.3) is 5.91 Å². The highest BCUT2D eigenvalue weighted by atomic mass is 16.6. The average Bonchev–Trinajstić information content (AvgIpc) is 3.89. The molecule has 11 heteroatoms. The van der Waals surface area contributed by atoms with Crippen LogP contribution in [0.1, 0.15) is 69.7 Å². The van der Waals surface area contributed by atoms with Gasteiger partial charge in [-0.15, -0.1) is 13.2 Å². The number of likely N-dealkylation sites (tertiary alicyclic amines) is 1. The Morgan fingerprint density at radius 1 is 0.947 bits per heavy atom. The maximum absolute atomic E-state index is 15.3. The molecule has 0 saturated carbocycles. The Morgan fingerprint density at radius 3 is 2.14 bits per heavy atom. The van der Waals surface area contributed by atoms with Gasteiger partial charge in [0.15, 0.2) is 0 Å². The van der Waals surface area contributed by atoms with Crippen molar-refractivity contribution in [1.29, 1.82) is 0 Å². The molecule has 0 radical (unpaired) electrons. The third-order valence-electron chi connectivity index (χ3n) is 12.2. The molecule has 1 N–H and O–H groups in total. The lowest BCUT2D eigenvalue weighted by Gasteiger charge is -2.39. The fraction of sp³-hybridized carbons (Fsp3) is 0.435. The first-order chi connectivity index (χ1) is 27.6. The molecule has 3 aromatic carbocycles. The molecule has 0 aliphatic carbocycles. The second kappa shape index (κ2) is 17.9. The van der Waals surface area contributed by atoms with E-state index in [1.54, 1.807) is 29.0 Å². The number of rotatable bonds is 18. The van der Waals surface area contributed by atoms with E-state index >= 15 is 9.59 Å². The first-order valence-electron chi connectivity index (χ1n) is 20.1. The number of nitrogens with zero attached hydrogens (tertiary/aromatic N) is 4. The highest BCUT2D eigenvalue weighted by molar-refractivity contribution is 6.05. The largest absolute Gasteiger partial charge is 0.455 e. The van der Waals surface area contributed by atoms with Gasteiger partial charge in [-0.3, -0.25) is 19.2 Å². The van der Waals surface area contributed by atoms with Gasteiger partial charge in [-0.05, 0) is 75.4 Å². The van der Waals surface area contributed by atoms with E-state index in [1.165, 1.54) is 4.90 Å². The molecular formula is C46H56N4O7. The van der Waals surface area contributed by atoms with E-state index in [2.05, 4.69) is 31.9 Å². The van der Waals surface area contributed by atoms with E-state index in [1.807, 2.05) is 91.9 Å². The number of likely N-dealkylation sites (N-methyl/N-ethyl adjacent to an activating group) is 1. The fourth-order valence-electron chi connectivity index (χ4n) is 9.16. The van der Waals surface area contributed by atoms with Crippen molar-refractivity contribution < 1.29 is 33.8 Å². The highest BCUT2D eigenvalue weighted by Gasteiger charge is 2.76. The van der Waals surface area contributed by atoms with Crippen LogP contribution in [0, 0.1) is 11.8 Å². The lowest BCUT2D eigenvalue weighted by Crippen LogP contribution is -2.57. The topological polar surface area (TPSA) is 120 Å².